The van der Waals surface area contributed by atoms with Crippen molar-refractivity contribution in [2.75, 3.05) is 18.1 Å². The van der Waals surface area contributed by atoms with Gasteiger partial charge in [-0.1, -0.05) is 42.8 Å². The Bertz CT molecular complexity index is 880. The van der Waals surface area contributed by atoms with E-state index in [0.29, 0.717) is 0 Å². The summed E-state index contributed by atoms with van der Waals surface area (Å²) in [6.07, 6.45) is 2.09. The van der Waals surface area contributed by atoms with Gasteiger partial charge in [0.1, 0.15) is 0 Å². The Hall–Kier alpha value is -1.89. The number of rotatable bonds is 7. The fraction of sp³-hybridized carbons (Fsp3) is 0.316. The maximum Gasteiger partial charge on any atom is 0.238 e. The lowest BCUT2D eigenvalue weighted by Gasteiger charge is -2.15. The van der Waals surface area contributed by atoms with E-state index in [1.54, 1.807) is 0 Å². The lowest BCUT2D eigenvalue weighted by molar-refractivity contribution is -0.115. The van der Waals surface area contributed by atoms with Crippen LogP contribution in [0.4, 0.5) is 5.69 Å². The minimum Gasteiger partial charge on any atom is -0.324 e. The van der Waals surface area contributed by atoms with Crippen molar-refractivity contribution in [1.29, 1.82) is 0 Å². The predicted octanol–water partition coefficient (Wildman–Crippen LogP) is 3.60. The summed E-state index contributed by atoms with van der Waals surface area (Å²) >= 11 is 6.05. The van der Waals surface area contributed by atoms with Gasteiger partial charge < -0.3 is 10.6 Å². The second-order valence-electron chi connectivity index (χ2n) is 6.16. The molecule has 1 amide bonds. The van der Waals surface area contributed by atoms with Gasteiger partial charge in [-0.15, -0.1) is 0 Å². The molecule has 0 spiro atoms. The van der Waals surface area contributed by atoms with Gasteiger partial charge in [0, 0.05) is 12.3 Å². The van der Waals surface area contributed by atoms with Crippen molar-refractivity contribution < 1.29 is 13.2 Å². The highest BCUT2D eigenvalue weighted by atomic mass is 35.5. The van der Waals surface area contributed by atoms with Crippen molar-refractivity contribution in [2.24, 2.45) is 0 Å². The largest absolute Gasteiger partial charge is 0.324 e. The molecule has 140 valence electrons. The van der Waals surface area contributed by atoms with E-state index in [1.807, 2.05) is 19.1 Å². The molecule has 0 bridgehead atoms. The van der Waals surface area contributed by atoms with E-state index in [0.717, 1.165) is 18.2 Å². The zero-order valence-corrected chi connectivity index (χ0v) is 16.6. The van der Waals surface area contributed by atoms with Crippen LogP contribution in [0.25, 0.3) is 0 Å². The Morgan fingerprint density at radius 1 is 1.15 bits per heavy atom. The zero-order chi connectivity index (χ0) is 19.3. The lowest BCUT2D eigenvalue weighted by Crippen LogP contribution is -2.30. The monoisotopic (exact) mass is 394 g/mol. The van der Waals surface area contributed by atoms with Crippen LogP contribution < -0.4 is 10.6 Å². The quantitative estimate of drug-likeness (QED) is 0.752. The molecular weight excluding hydrogens is 372 g/mol. The lowest BCUT2D eigenvalue weighted by atomic mass is 10.1. The first-order valence-corrected chi connectivity index (χ1v) is 10.6. The minimum absolute atomic E-state index is 0.00415. The Kier molecular flexibility index (Phi) is 6.81. The number of hydrogen-bond donors (Lipinski definition) is 2. The molecule has 26 heavy (non-hydrogen) atoms. The van der Waals surface area contributed by atoms with Crippen molar-refractivity contribution >= 4 is 33.0 Å². The fourth-order valence-electron chi connectivity index (χ4n) is 2.43. The van der Waals surface area contributed by atoms with Crippen LogP contribution in [0.15, 0.2) is 47.4 Å². The molecular formula is C19H23ClN2O3S. The van der Waals surface area contributed by atoms with E-state index >= 15 is 0 Å². The SMILES string of the molecule is CCc1ccc([C@@H](C)NCC(=O)Nc2cc(S(C)(=O)=O)ccc2Cl)cc1. The molecule has 5 nitrogen and oxygen atoms in total. The highest BCUT2D eigenvalue weighted by Gasteiger charge is 2.13. The average molecular weight is 395 g/mol. The Morgan fingerprint density at radius 2 is 1.81 bits per heavy atom. The van der Waals surface area contributed by atoms with Gasteiger partial charge in [-0.3, -0.25) is 4.79 Å². The van der Waals surface area contributed by atoms with Gasteiger partial charge in [-0.05, 0) is 42.7 Å². The van der Waals surface area contributed by atoms with Gasteiger partial charge in [-0.2, -0.15) is 0 Å². The molecule has 7 heteroatoms. The summed E-state index contributed by atoms with van der Waals surface area (Å²) in [6.45, 7) is 4.16. The molecule has 0 aliphatic rings. The zero-order valence-electron chi connectivity index (χ0n) is 15.0. The number of amides is 1. The molecule has 2 aromatic rings. The number of nitrogens with one attached hydrogen (secondary N) is 2. The first-order chi connectivity index (χ1) is 12.2. The summed E-state index contributed by atoms with van der Waals surface area (Å²) in [6, 6.07) is 12.5. The van der Waals surface area contributed by atoms with Crippen LogP contribution in [0.1, 0.15) is 31.0 Å². The van der Waals surface area contributed by atoms with Crippen molar-refractivity contribution in [2.45, 2.75) is 31.2 Å². The highest BCUT2D eigenvalue weighted by Crippen LogP contribution is 2.25. The molecule has 0 fully saturated rings. The number of benzene rings is 2. The second-order valence-corrected chi connectivity index (χ2v) is 8.58. The molecule has 0 saturated carbocycles. The number of anilines is 1. The van der Waals surface area contributed by atoms with Crippen molar-refractivity contribution in [3.8, 4) is 0 Å². The van der Waals surface area contributed by atoms with Crippen LogP contribution >= 0.6 is 11.6 Å². The number of carbonyl (C=O) groups is 1. The Balaban J connectivity index is 1.98. The van der Waals surface area contributed by atoms with Gasteiger partial charge in [-0.25, -0.2) is 8.42 Å². The van der Waals surface area contributed by atoms with Gasteiger partial charge in [0.05, 0.1) is 22.2 Å². The molecule has 2 N–H and O–H groups in total. The summed E-state index contributed by atoms with van der Waals surface area (Å²) in [5.41, 5.74) is 2.63. The Labute approximate surface area is 159 Å². The summed E-state index contributed by atoms with van der Waals surface area (Å²) in [5, 5.41) is 6.08. The Morgan fingerprint density at radius 3 is 2.38 bits per heavy atom. The summed E-state index contributed by atoms with van der Waals surface area (Å²) in [7, 11) is -3.37. The third-order valence-electron chi connectivity index (χ3n) is 4.10. The molecule has 0 aromatic heterocycles. The molecule has 0 radical (unpaired) electrons. The number of hydrogen-bond acceptors (Lipinski definition) is 4. The molecule has 0 aliphatic heterocycles. The van der Waals surface area contributed by atoms with E-state index in [-0.39, 0.29) is 34.1 Å². The van der Waals surface area contributed by atoms with E-state index in [9.17, 15) is 13.2 Å². The van der Waals surface area contributed by atoms with Crippen molar-refractivity contribution in [3.63, 3.8) is 0 Å². The maximum atomic E-state index is 12.2. The minimum atomic E-state index is -3.37. The average Bonchev–Trinajstić information content (AvgIpc) is 2.60. The van der Waals surface area contributed by atoms with Crippen molar-refractivity contribution in [3.05, 3.63) is 58.6 Å². The molecule has 0 heterocycles. The van der Waals surface area contributed by atoms with E-state index < -0.39 is 9.84 Å². The molecule has 1 atom stereocenters. The summed E-state index contributed by atoms with van der Waals surface area (Å²) in [5.74, 6) is -0.297. The molecule has 2 rings (SSSR count). The van der Waals surface area contributed by atoms with Crippen LogP contribution in [0.5, 0.6) is 0 Å². The standard InChI is InChI=1S/C19H23ClN2O3S/c1-4-14-5-7-15(8-6-14)13(2)21-12-19(23)22-18-11-16(26(3,24)25)9-10-17(18)20/h5-11,13,21H,4,12H2,1-3H3,(H,22,23)/t13-/m1/s1. The summed E-state index contributed by atoms with van der Waals surface area (Å²) in [4.78, 5) is 12.3. The molecule has 2 aromatic carbocycles. The molecule has 0 aliphatic carbocycles. The van der Waals surface area contributed by atoms with E-state index in [2.05, 4.69) is 29.7 Å². The number of carbonyl (C=O) groups excluding carboxylic acids is 1. The normalized spacial score (nSPS) is 12.6. The third kappa shape index (κ3) is 5.56. The van der Waals surface area contributed by atoms with Gasteiger partial charge in [0.25, 0.3) is 0 Å². The topological polar surface area (TPSA) is 75.3 Å². The van der Waals surface area contributed by atoms with E-state index in [1.165, 1.54) is 23.8 Å². The van der Waals surface area contributed by atoms with Gasteiger partial charge >= 0.3 is 0 Å². The molecule has 0 unspecified atom stereocenters. The van der Waals surface area contributed by atoms with Gasteiger partial charge in [0.15, 0.2) is 9.84 Å². The first kappa shape index (κ1) is 20.4. The van der Waals surface area contributed by atoms with Crippen LogP contribution in [0.3, 0.4) is 0 Å². The van der Waals surface area contributed by atoms with Gasteiger partial charge in [0.2, 0.25) is 5.91 Å². The summed E-state index contributed by atoms with van der Waals surface area (Å²) < 4.78 is 23.3. The smallest absolute Gasteiger partial charge is 0.238 e. The van der Waals surface area contributed by atoms with Crippen LogP contribution in [-0.2, 0) is 21.1 Å². The van der Waals surface area contributed by atoms with E-state index in [4.69, 9.17) is 11.6 Å². The van der Waals surface area contributed by atoms with Crippen LogP contribution in [0.2, 0.25) is 5.02 Å². The number of halogens is 1. The van der Waals surface area contributed by atoms with Crippen LogP contribution in [-0.4, -0.2) is 27.1 Å². The number of sulfone groups is 1. The van der Waals surface area contributed by atoms with Crippen LogP contribution in [0, 0.1) is 0 Å². The molecule has 0 saturated heterocycles. The fourth-order valence-corrected chi connectivity index (χ4v) is 3.24. The highest BCUT2D eigenvalue weighted by molar-refractivity contribution is 7.90. The predicted molar refractivity (Wildman–Crippen MR) is 105 cm³/mol. The van der Waals surface area contributed by atoms with Crippen molar-refractivity contribution in [1.82, 2.24) is 5.32 Å². The third-order valence-corrected chi connectivity index (χ3v) is 5.54. The second kappa shape index (κ2) is 8.66. The maximum absolute atomic E-state index is 12.2. The first-order valence-electron chi connectivity index (χ1n) is 8.32. The number of aryl methyl sites for hydroxylation is 1.